The first-order chi connectivity index (χ1) is 30.6. The fraction of sp³-hybridized carbons (Fsp3) is 0.0566. The van der Waals surface area contributed by atoms with E-state index in [4.69, 9.17) is 18.9 Å². The van der Waals surface area contributed by atoms with E-state index in [0.717, 1.165) is 0 Å². The van der Waals surface area contributed by atoms with Crippen molar-refractivity contribution in [1.82, 2.24) is 10.6 Å². The molecule has 63 heavy (non-hydrogen) atoms. The van der Waals surface area contributed by atoms with Gasteiger partial charge in [-0.15, -0.1) is 0 Å². The van der Waals surface area contributed by atoms with Crippen molar-refractivity contribution in [2.45, 2.75) is 20.8 Å². The highest BCUT2D eigenvalue weighted by Gasteiger charge is 2.37. The standard InChI is InChI=1S/C53H40N2O8/c1-7-13-16-23-30(12-6)60-38-26-34-42-35(51(57)54-50(34)56)27-39(61-31(19-9-3)20-10-4)45-47-41(63-33-24-17-15-18-25-33)29-37-43-36(52(58)55-53(37)59)28-40(46(49(43)47)44(38)48(42)45)62-32(21-11-5)22-14-8-2/h7-29H,2-3,5H2,1,4,6H3,(H,54,56,57)(H,55,58,59)/b13-7-,20-10-,22-14-,23-16-,30-12+,31-19+,32-21+. The third-order valence-electron chi connectivity index (χ3n) is 10.4. The van der Waals surface area contributed by atoms with Crippen LogP contribution in [0.3, 0.4) is 0 Å². The van der Waals surface area contributed by atoms with Gasteiger partial charge in [-0.2, -0.15) is 0 Å². The lowest BCUT2D eigenvalue weighted by Crippen LogP contribution is -2.35. The number of carbonyl (C=O) groups excluding carboxylic acids is 4. The molecule has 8 rings (SSSR count). The molecule has 2 N–H and O–H groups in total. The van der Waals surface area contributed by atoms with Gasteiger partial charge in [0.15, 0.2) is 0 Å². The molecule has 0 fully saturated rings. The van der Waals surface area contributed by atoms with E-state index in [0.29, 0.717) is 66.1 Å². The van der Waals surface area contributed by atoms with Gasteiger partial charge in [-0.3, -0.25) is 29.8 Å². The molecule has 10 nitrogen and oxygen atoms in total. The average Bonchev–Trinajstić information content (AvgIpc) is 3.27. The maximum atomic E-state index is 14.1. The van der Waals surface area contributed by atoms with E-state index >= 15 is 0 Å². The monoisotopic (exact) mass is 832 g/mol. The van der Waals surface area contributed by atoms with Gasteiger partial charge in [0, 0.05) is 43.1 Å². The molecule has 0 aliphatic carbocycles. The summed E-state index contributed by atoms with van der Waals surface area (Å²) in [5.74, 6) is -0.260. The second-order valence-corrected chi connectivity index (χ2v) is 14.3. The van der Waals surface area contributed by atoms with Gasteiger partial charge in [0.2, 0.25) is 0 Å². The average molecular weight is 833 g/mol. The number of imide groups is 2. The van der Waals surface area contributed by atoms with Crippen LogP contribution >= 0.6 is 0 Å². The molecule has 310 valence electrons. The van der Waals surface area contributed by atoms with E-state index in [1.54, 1.807) is 103 Å². The van der Waals surface area contributed by atoms with Gasteiger partial charge in [-0.05, 0) is 93.6 Å². The molecule has 0 radical (unpaired) electrons. The summed E-state index contributed by atoms with van der Waals surface area (Å²) in [6.45, 7) is 17.1. The summed E-state index contributed by atoms with van der Waals surface area (Å²) in [7, 11) is 0. The first kappa shape index (κ1) is 41.2. The summed E-state index contributed by atoms with van der Waals surface area (Å²) in [4.78, 5) is 56.2. The van der Waals surface area contributed by atoms with Crippen molar-refractivity contribution in [3.63, 3.8) is 0 Å². The molecule has 6 aromatic carbocycles. The number of hydrogen-bond donors (Lipinski definition) is 2. The molecule has 2 aliphatic rings. The highest BCUT2D eigenvalue weighted by atomic mass is 16.5. The Kier molecular flexibility index (Phi) is 11.3. The number of ether oxygens (including phenoxy) is 4. The minimum atomic E-state index is -0.650. The maximum absolute atomic E-state index is 14.1. The van der Waals surface area contributed by atoms with E-state index < -0.39 is 23.6 Å². The Hall–Kier alpha value is -8.50. The molecule has 2 aliphatic heterocycles. The molecule has 0 bridgehead atoms. The van der Waals surface area contributed by atoms with Crippen LogP contribution in [0.15, 0.2) is 177 Å². The zero-order valence-electron chi connectivity index (χ0n) is 34.7. The molecule has 0 saturated carbocycles. The molecule has 0 aromatic heterocycles. The highest BCUT2D eigenvalue weighted by molar-refractivity contribution is 6.44. The molecular weight excluding hydrogens is 793 g/mol. The van der Waals surface area contributed by atoms with Crippen molar-refractivity contribution in [3.8, 4) is 28.7 Å². The zero-order chi connectivity index (χ0) is 44.4. The van der Waals surface area contributed by atoms with Crippen LogP contribution < -0.4 is 29.6 Å². The molecular formula is C53H40N2O8. The SMILES string of the molecule is C=C/C=C\C(=C/C=C)Oc1cc2c3c(cc(Oc4ccccc4)c4c5c(OC(/C=C\C)=C/C=C)cc6c7c(cc(OC(/C=C\C=C/C)=C/C)c(c1c34)c75)C(=O)NC6=O)C(=O)NC2=O. The quantitative estimate of drug-likeness (QED) is 0.0344. The first-order valence-corrected chi connectivity index (χ1v) is 20.0. The Labute approximate surface area is 362 Å². The lowest BCUT2D eigenvalue weighted by Gasteiger charge is -2.28. The van der Waals surface area contributed by atoms with E-state index in [-0.39, 0.29) is 45.3 Å². The van der Waals surface area contributed by atoms with Crippen molar-refractivity contribution in [1.29, 1.82) is 0 Å². The predicted octanol–water partition coefficient (Wildman–Crippen LogP) is 11.9. The lowest BCUT2D eigenvalue weighted by atomic mass is 9.81. The zero-order valence-corrected chi connectivity index (χ0v) is 34.7. The summed E-state index contributed by atoms with van der Waals surface area (Å²) >= 11 is 0. The van der Waals surface area contributed by atoms with E-state index in [9.17, 15) is 19.2 Å². The number of rotatable bonds is 15. The molecule has 2 heterocycles. The normalized spacial score (nSPS) is 14.6. The molecule has 0 atom stereocenters. The van der Waals surface area contributed by atoms with Gasteiger partial charge in [-0.1, -0.05) is 86.5 Å². The predicted molar refractivity (Wildman–Crippen MR) is 248 cm³/mol. The van der Waals surface area contributed by atoms with Crippen LogP contribution in [0.2, 0.25) is 0 Å². The van der Waals surface area contributed by atoms with Gasteiger partial charge in [0.25, 0.3) is 23.6 Å². The summed E-state index contributed by atoms with van der Waals surface area (Å²) in [5.41, 5.74) is 0.622. The van der Waals surface area contributed by atoms with E-state index in [2.05, 4.69) is 30.4 Å². The Morgan fingerprint density at radius 1 is 0.476 bits per heavy atom. The molecule has 0 spiro atoms. The molecule has 6 aromatic rings. The number of allylic oxidation sites excluding steroid dienone is 14. The molecule has 0 saturated heterocycles. The van der Waals surface area contributed by atoms with Crippen molar-refractivity contribution >= 4 is 66.7 Å². The number of fused-ring (bicyclic) bond motifs is 2. The Morgan fingerprint density at radius 3 is 1.37 bits per heavy atom. The lowest BCUT2D eigenvalue weighted by molar-refractivity contribution is 0.0828. The van der Waals surface area contributed by atoms with Gasteiger partial charge >= 0.3 is 0 Å². The number of benzene rings is 6. The number of para-hydroxylation sites is 1. The van der Waals surface area contributed by atoms with Crippen molar-refractivity contribution < 1.29 is 38.1 Å². The van der Waals surface area contributed by atoms with Crippen molar-refractivity contribution in [3.05, 3.63) is 199 Å². The van der Waals surface area contributed by atoms with Crippen LogP contribution in [0.4, 0.5) is 0 Å². The number of carbonyl (C=O) groups is 4. The second kappa shape index (κ2) is 17.2. The topological polar surface area (TPSA) is 129 Å². The highest BCUT2D eigenvalue weighted by Crippen LogP contribution is 2.56. The van der Waals surface area contributed by atoms with Crippen LogP contribution in [0, 0.1) is 0 Å². The fourth-order valence-corrected chi connectivity index (χ4v) is 7.93. The van der Waals surface area contributed by atoms with Crippen LogP contribution in [0.25, 0.3) is 43.1 Å². The molecule has 0 unspecified atom stereocenters. The van der Waals surface area contributed by atoms with Gasteiger partial charge in [0.1, 0.15) is 46.0 Å². The van der Waals surface area contributed by atoms with E-state index in [1.807, 2.05) is 57.2 Å². The summed E-state index contributed by atoms with van der Waals surface area (Å²) in [6, 6.07) is 15.3. The summed E-state index contributed by atoms with van der Waals surface area (Å²) in [6.07, 6.45) is 24.0. The molecule has 4 amide bonds. The van der Waals surface area contributed by atoms with Crippen molar-refractivity contribution in [2.24, 2.45) is 0 Å². The van der Waals surface area contributed by atoms with Crippen LogP contribution in [-0.2, 0) is 0 Å². The number of nitrogens with one attached hydrogen (secondary N) is 2. The minimum absolute atomic E-state index is 0.148. The number of hydrogen-bond acceptors (Lipinski definition) is 8. The minimum Gasteiger partial charge on any atom is -0.457 e. The Balaban J connectivity index is 1.71. The molecule has 10 heteroatoms. The van der Waals surface area contributed by atoms with E-state index in [1.165, 1.54) is 0 Å². The third kappa shape index (κ3) is 7.29. The largest absolute Gasteiger partial charge is 0.457 e. The van der Waals surface area contributed by atoms with Gasteiger partial charge in [-0.25, -0.2) is 0 Å². The maximum Gasteiger partial charge on any atom is 0.258 e. The smallest absolute Gasteiger partial charge is 0.258 e. The van der Waals surface area contributed by atoms with Crippen LogP contribution in [0.1, 0.15) is 62.2 Å². The van der Waals surface area contributed by atoms with Gasteiger partial charge in [0.05, 0.1) is 22.3 Å². The van der Waals surface area contributed by atoms with Gasteiger partial charge < -0.3 is 18.9 Å². The summed E-state index contributed by atoms with van der Waals surface area (Å²) in [5, 5.41) is 7.96. The van der Waals surface area contributed by atoms with Crippen LogP contribution in [-0.4, -0.2) is 23.6 Å². The fourth-order valence-electron chi connectivity index (χ4n) is 7.93. The van der Waals surface area contributed by atoms with Crippen LogP contribution in [0.5, 0.6) is 28.7 Å². The summed E-state index contributed by atoms with van der Waals surface area (Å²) < 4.78 is 27.1. The Bertz CT molecular complexity index is 3210. The third-order valence-corrected chi connectivity index (χ3v) is 10.4. The second-order valence-electron chi connectivity index (χ2n) is 14.3. The Morgan fingerprint density at radius 2 is 0.921 bits per heavy atom. The first-order valence-electron chi connectivity index (χ1n) is 20.0. The van der Waals surface area contributed by atoms with Crippen molar-refractivity contribution in [2.75, 3.05) is 0 Å². The number of amides is 4.